The van der Waals surface area contributed by atoms with Gasteiger partial charge in [0.1, 0.15) is 0 Å². The van der Waals surface area contributed by atoms with Crippen LogP contribution in [0.1, 0.15) is 20.3 Å². The zero-order valence-corrected chi connectivity index (χ0v) is 14.1. The Labute approximate surface area is 139 Å². The fraction of sp³-hybridized carbons (Fsp3) is 0.375. The summed E-state index contributed by atoms with van der Waals surface area (Å²) >= 11 is 7.82. The summed E-state index contributed by atoms with van der Waals surface area (Å²) < 4.78 is 5.25. The van der Waals surface area contributed by atoms with Crippen molar-refractivity contribution in [3.63, 3.8) is 0 Å². The zero-order chi connectivity index (χ0) is 15.7. The number of hydrogen-bond donors (Lipinski definition) is 0. The van der Waals surface area contributed by atoms with E-state index >= 15 is 0 Å². The molecule has 0 aromatic heterocycles. The van der Waals surface area contributed by atoms with Gasteiger partial charge in [0.05, 0.1) is 23.6 Å². The van der Waals surface area contributed by atoms with Crippen LogP contribution in [0.15, 0.2) is 39.5 Å². The number of hydrogen-bond acceptors (Lipinski definition) is 5. The van der Waals surface area contributed by atoms with Gasteiger partial charge in [-0.25, -0.2) is 9.80 Å². The van der Waals surface area contributed by atoms with Gasteiger partial charge in [0, 0.05) is 21.9 Å². The van der Waals surface area contributed by atoms with E-state index in [2.05, 4.69) is 5.10 Å². The van der Waals surface area contributed by atoms with Gasteiger partial charge in [-0.05, 0) is 37.5 Å². The van der Waals surface area contributed by atoms with Crippen LogP contribution in [0.25, 0.3) is 0 Å². The molecule has 0 saturated heterocycles. The molecule has 0 spiro atoms. The van der Waals surface area contributed by atoms with Gasteiger partial charge in [0.25, 0.3) is 0 Å². The quantitative estimate of drug-likeness (QED) is 0.763. The number of rotatable bonds is 2. The maximum atomic E-state index is 12.4. The zero-order valence-electron chi connectivity index (χ0n) is 12.5. The molecule has 22 heavy (non-hydrogen) atoms. The van der Waals surface area contributed by atoms with Gasteiger partial charge in [-0.2, -0.15) is 5.10 Å². The number of nitrogens with zero attached hydrogens (tertiary/aromatic N) is 2. The molecule has 1 aromatic carbocycles. The lowest BCUT2D eigenvalue weighted by Crippen LogP contribution is -2.26. The van der Waals surface area contributed by atoms with Crippen molar-refractivity contribution in [3.8, 4) is 0 Å². The van der Waals surface area contributed by atoms with E-state index in [0.717, 1.165) is 21.9 Å². The van der Waals surface area contributed by atoms with Crippen LogP contribution in [0, 0.1) is 5.92 Å². The van der Waals surface area contributed by atoms with Crippen LogP contribution in [0.2, 0.25) is 5.02 Å². The molecule has 2 aliphatic heterocycles. The Hall–Kier alpha value is -1.46. The molecule has 116 valence electrons. The SMILES string of the molecule is CCOC(=O)C1=C2CSc3ccc(Cl)cc3N2N=CCC1C. The van der Waals surface area contributed by atoms with E-state index in [1.807, 2.05) is 43.3 Å². The lowest BCUT2D eigenvalue weighted by atomic mass is 9.96. The maximum Gasteiger partial charge on any atom is 0.336 e. The van der Waals surface area contributed by atoms with Gasteiger partial charge in [-0.1, -0.05) is 18.5 Å². The summed E-state index contributed by atoms with van der Waals surface area (Å²) in [6.45, 7) is 4.23. The molecular formula is C16H17ClN2O2S. The third-order valence-corrected chi connectivity index (χ3v) is 5.03. The van der Waals surface area contributed by atoms with Crippen molar-refractivity contribution >= 4 is 41.2 Å². The number of halogens is 1. The summed E-state index contributed by atoms with van der Waals surface area (Å²) in [7, 11) is 0. The van der Waals surface area contributed by atoms with Gasteiger partial charge in [0.2, 0.25) is 0 Å². The standard InChI is InChI=1S/C16H17ClN2O2S/c1-3-21-16(20)15-10(2)6-7-18-19-12-8-11(17)4-5-14(12)22-9-13(15)19/h4-5,7-8,10H,3,6,9H2,1-2H3. The summed E-state index contributed by atoms with van der Waals surface area (Å²) in [6.07, 6.45) is 2.58. The number of esters is 1. The second kappa shape index (κ2) is 6.34. The third-order valence-electron chi connectivity index (χ3n) is 3.72. The lowest BCUT2D eigenvalue weighted by Gasteiger charge is -2.30. The third kappa shape index (κ3) is 2.75. The molecule has 4 nitrogen and oxygen atoms in total. The van der Waals surface area contributed by atoms with Crippen molar-refractivity contribution in [2.24, 2.45) is 11.0 Å². The predicted molar refractivity (Wildman–Crippen MR) is 90.6 cm³/mol. The first-order valence-corrected chi connectivity index (χ1v) is 8.63. The highest BCUT2D eigenvalue weighted by Crippen LogP contribution is 2.43. The summed E-state index contributed by atoms with van der Waals surface area (Å²) in [6, 6.07) is 5.75. The largest absolute Gasteiger partial charge is 0.463 e. The van der Waals surface area contributed by atoms with Crippen LogP contribution < -0.4 is 5.01 Å². The van der Waals surface area contributed by atoms with E-state index < -0.39 is 0 Å². The van der Waals surface area contributed by atoms with E-state index in [1.54, 1.807) is 11.8 Å². The molecule has 2 heterocycles. The van der Waals surface area contributed by atoms with Crippen LogP contribution in [-0.4, -0.2) is 24.5 Å². The molecule has 0 amide bonds. The fourth-order valence-electron chi connectivity index (χ4n) is 2.67. The van der Waals surface area contributed by atoms with E-state index in [9.17, 15) is 4.79 Å². The topological polar surface area (TPSA) is 41.9 Å². The molecular weight excluding hydrogens is 320 g/mol. The molecule has 0 radical (unpaired) electrons. The molecule has 1 atom stereocenters. The highest BCUT2D eigenvalue weighted by atomic mass is 35.5. The summed E-state index contributed by atoms with van der Waals surface area (Å²) in [5, 5.41) is 7.04. The summed E-state index contributed by atoms with van der Waals surface area (Å²) in [5.41, 5.74) is 2.54. The minimum atomic E-state index is -0.244. The molecule has 6 heteroatoms. The highest BCUT2D eigenvalue weighted by Gasteiger charge is 2.32. The Kier molecular flexibility index (Phi) is 4.45. The molecule has 0 fully saturated rings. The number of fused-ring (bicyclic) bond motifs is 3. The molecule has 0 saturated carbocycles. The van der Waals surface area contributed by atoms with Crippen LogP contribution >= 0.6 is 23.4 Å². The predicted octanol–water partition coefficient (Wildman–Crippen LogP) is 4.09. The normalized spacial score (nSPS) is 20.3. The number of carbonyl (C=O) groups excluding carboxylic acids is 1. The van der Waals surface area contributed by atoms with Crippen molar-refractivity contribution in [3.05, 3.63) is 34.5 Å². The second-order valence-electron chi connectivity index (χ2n) is 5.23. The van der Waals surface area contributed by atoms with Gasteiger partial charge in [0.15, 0.2) is 0 Å². The smallest absolute Gasteiger partial charge is 0.336 e. The Morgan fingerprint density at radius 1 is 1.55 bits per heavy atom. The Bertz CT molecular complexity index is 672. The summed E-state index contributed by atoms with van der Waals surface area (Å²) in [5.74, 6) is 0.542. The Morgan fingerprint density at radius 3 is 3.14 bits per heavy atom. The number of ether oxygens (including phenoxy) is 1. The molecule has 0 bridgehead atoms. The van der Waals surface area contributed by atoms with E-state index in [4.69, 9.17) is 16.3 Å². The Morgan fingerprint density at radius 2 is 2.36 bits per heavy atom. The van der Waals surface area contributed by atoms with Crippen molar-refractivity contribution in [1.82, 2.24) is 0 Å². The number of thioether (sulfide) groups is 1. The number of hydrazone groups is 1. The molecule has 3 rings (SSSR count). The van der Waals surface area contributed by atoms with Gasteiger partial charge in [-0.3, -0.25) is 0 Å². The fourth-order valence-corrected chi connectivity index (χ4v) is 3.87. The van der Waals surface area contributed by atoms with E-state index in [0.29, 0.717) is 23.8 Å². The minimum absolute atomic E-state index is 0.0872. The first-order valence-electron chi connectivity index (χ1n) is 7.27. The number of anilines is 1. The highest BCUT2D eigenvalue weighted by molar-refractivity contribution is 7.99. The molecule has 0 N–H and O–H groups in total. The average molecular weight is 337 g/mol. The second-order valence-corrected chi connectivity index (χ2v) is 6.68. The molecule has 1 aromatic rings. The van der Waals surface area contributed by atoms with E-state index in [1.165, 1.54) is 0 Å². The van der Waals surface area contributed by atoms with Crippen LogP contribution in [0.4, 0.5) is 5.69 Å². The molecule has 0 aliphatic carbocycles. The van der Waals surface area contributed by atoms with Crippen molar-refractivity contribution in [2.75, 3.05) is 17.4 Å². The van der Waals surface area contributed by atoms with Crippen LogP contribution in [0.3, 0.4) is 0 Å². The van der Waals surface area contributed by atoms with Crippen LogP contribution in [0.5, 0.6) is 0 Å². The number of benzene rings is 1. The van der Waals surface area contributed by atoms with Crippen molar-refractivity contribution in [2.45, 2.75) is 25.2 Å². The van der Waals surface area contributed by atoms with Gasteiger partial charge < -0.3 is 4.74 Å². The monoisotopic (exact) mass is 336 g/mol. The average Bonchev–Trinajstić information content (AvgIpc) is 2.65. The molecule has 1 unspecified atom stereocenters. The van der Waals surface area contributed by atoms with Crippen molar-refractivity contribution in [1.29, 1.82) is 0 Å². The van der Waals surface area contributed by atoms with Crippen molar-refractivity contribution < 1.29 is 9.53 Å². The minimum Gasteiger partial charge on any atom is -0.463 e. The summed E-state index contributed by atoms with van der Waals surface area (Å²) in [4.78, 5) is 13.5. The maximum absolute atomic E-state index is 12.4. The number of carbonyl (C=O) groups is 1. The van der Waals surface area contributed by atoms with Gasteiger partial charge >= 0.3 is 5.97 Å². The first kappa shape index (κ1) is 15.4. The first-order chi connectivity index (χ1) is 10.6. The van der Waals surface area contributed by atoms with E-state index in [-0.39, 0.29) is 11.9 Å². The lowest BCUT2D eigenvalue weighted by molar-refractivity contribution is -0.139. The van der Waals surface area contributed by atoms with Crippen LogP contribution in [-0.2, 0) is 9.53 Å². The van der Waals surface area contributed by atoms with Gasteiger partial charge in [-0.15, -0.1) is 11.8 Å². The molecule has 2 aliphatic rings. The Balaban J connectivity index is 2.12.